The molecule has 1 saturated carbocycles. The number of halogens is 3. The summed E-state index contributed by atoms with van der Waals surface area (Å²) in [6, 6.07) is 12.5. The van der Waals surface area contributed by atoms with Crippen molar-refractivity contribution >= 4 is 46.4 Å². The van der Waals surface area contributed by atoms with Crippen LogP contribution in [0.3, 0.4) is 0 Å². The van der Waals surface area contributed by atoms with E-state index in [1.54, 1.807) is 28.4 Å². The monoisotopic (exact) mass is 502 g/mol. The summed E-state index contributed by atoms with van der Waals surface area (Å²) < 4.78 is 13.3. The molecule has 2 aliphatic rings. The highest BCUT2D eigenvalue weighted by molar-refractivity contribution is 7.10. The standard InChI is InChI=1S/C25H21Cl2FN2O2S/c26-16-3-8-19(21(27)13-16)24-20-10-12-33-22(20)9-11-29(24)23(31)14-30(18-6-7-18)25(32)15-1-4-17(28)5-2-15/h1-5,8,10,12-13,18,24H,6-7,9,11,14H2. The van der Waals surface area contributed by atoms with Gasteiger partial charge in [-0.3, -0.25) is 9.59 Å². The number of amides is 2. The van der Waals surface area contributed by atoms with Crippen LogP contribution in [-0.4, -0.2) is 40.7 Å². The number of fused-ring (bicyclic) bond motifs is 1. The van der Waals surface area contributed by atoms with Crippen LogP contribution in [0.15, 0.2) is 53.9 Å². The van der Waals surface area contributed by atoms with Crippen LogP contribution in [-0.2, 0) is 11.2 Å². The molecule has 2 amide bonds. The van der Waals surface area contributed by atoms with Gasteiger partial charge in [-0.25, -0.2) is 4.39 Å². The van der Waals surface area contributed by atoms with E-state index in [1.165, 1.54) is 29.1 Å². The second-order valence-corrected chi connectivity index (χ2v) is 10.2. The molecule has 4 nitrogen and oxygen atoms in total. The van der Waals surface area contributed by atoms with Gasteiger partial charge in [-0.15, -0.1) is 11.3 Å². The number of rotatable bonds is 5. The molecule has 0 saturated heterocycles. The second-order valence-electron chi connectivity index (χ2n) is 8.38. The summed E-state index contributed by atoms with van der Waals surface area (Å²) in [6.07, 6.45) is 2.48. The van der Waals surface area contributed by atoms with Gasteiger partial charge >= 0.3 is 0 Å². The molecule has 1 unspecified atom stereocenters. The molecule has 0 N–H and O–H groups in total. The fraction of sp³-hybridized carbons (Fsp3) is 0.280. The summed E-state index contributed by atoms with van der Waals surface area (Å²) in [5, 5.41) is 3.07. The van der Waals surface area contributed by atoms with Crippen LogP contribution in [0.5, 0.6) is 0 Å². The molecule has 3 aromatic rings. The van der Waals surface area contributed by atoms with Crippen LogP contribution >= 0.6 is 34.5 Å². The van der Waals surface area contributed by atoms with Gasteiger partial charge in [0.1, 0.15) is 12.4 Å². The highest BCUT2D eigenvalue weighted by Gasteiger charge is 2.39. The van der Waals surface area contributed by atoms with Crippen molar-refractivity contribution in [2.45, 2.75) is 31.3 Å². The molecule has 33 heavy (non-hydrogen) atoms. The molecule has 8 heteroatoms. The topological polar surface area (TPSA) is 40.6 Å². The quantitative estimate of drug-likeness (QED) is 0.430. The summed E-state index contributed by atoms with van der Waals surface area (Å²) >= 11 is 14.4. The van der Waals surface area contributed by atoms with Gasteiger partial charge in [-0.1, -0.05) is 29.3 Å². The zero-order valence-corrected chi connectivity index (χ0v) is 20.0. The van der Waals surface area contributed by atoms with Crippen molar-refractivity contribution in [2.75, 3.05) is 13.1 Å². The smallest absolute Gasteiger partial charge is 0.254 e. The minimum Gasteiger partial charge on any atom is -0.330 e. The molecular weight excluding hydrogens is 482 g/mol. The van der Waals surface area contributed by atoms with Crippen molar-refractivity contribution in [1.29, 1.82) is 0 Å². The molecule has 1 atom stereocenters. The van der Waals surface area contributed by atoms with E-state index in [0.717, 1.165) is 30.4 Å². The maximum absolute atomic E-state index is 13.6. The molecule has 2 heterocycles. The average molecular weight is 503 g/mol. The molecular formula is C25H21Cl2FN2O2S. The van der Waals surface area contributed by atoms with Gasteiger partial charge in [0.2, 0.25) is 5.91 Å². The molecule has 0 spiro atoms. The molecule has 170 valence electrons. The zero-order valence-electron chi connectivity index (χ0n) is 17.6. The number of carbonyl (C=O) groups excluding carboxylic acids is 2. The van der Waals surface area contributed by atoms with E-state index in [-0.39, 0.29) is 30.4 Å². The van der Waals surface area contributed by atoms with E-state index < -0.39 is 5.82 Å². The van der Waals surface area contributed by atoms with E-state index in [1.807, 2.05) is 22.4 Å². The summed E-state index contributed by atoms with van der Waals surface area (Å²) in [4.78, 5) is 31.5. The third-order valence-corrected chi connectivity index (χ3v) is 7.75. The Balaban J connectivity index is 1.44. The number of hydrogen-bond acceptors (Lipinski definition) is 3. The SMILES string of the molecule is O=C(c1ccc(F)cc1)N(CC(=O)N1CCc2sccc2C1c1ccc(Cl)cc1Cl)C1CC1. The predicted octanol–water partition coefficient (Wildman–Crippen LogP) is 5.97. The number of nitrogens with zero attached hydrogens (tertiary/aromatic N) is 2. The minimum absolute atomic E-state index is 0.0257. The highest BCUT2D eigenvalue weighted by atomic mass is 35.5. The van der Waals surface area contributed by atoms with E-state index >= 15 is 0 Å². The first-order valence-electron chi connectivity index (χ1n) is 10.8. The summed E-state index contributed by atoms with van der Waals surface area (Å²) in [7, 11) is 0. The second kappa shape index (κ2) is 9.09. The zero-order chi connectivity index (χ0) is 23.1. The van der Waals surface area contributed by atoms with Gasteiger partial charge in [0, 0.05) is 33.1 Å². The molecule has 1 aliphatic carbocycles. The van der Waals surface area contributed by atoms with Crippen molar-refractivity contribution in [3.63, 3.8) is 0 Å². The Labute approximate surface area is 205 Å². The fourth-order valence-electron chi connectivity index (χ4n) is 4.39. The van der Waals surface area contributed by atoms with E-state index in [9.17, 15) is 14.0 Å². The van der Waals surface area contributed by atoms with Crippen LogP contribution < -0.4 is 0 Å². The minimum atomic E-state index is -0.400. The first kappa shape index (κ1) is 22.4. The maximum Gasteiger partial charge on any atom is 0.254 e. The van der Waals surface area contributed by atoms with Crippen molar-refractivity contribution in [2.24, 2.45) is 0 Å². The largest absolute Gasteiger partial charge is 0.330 e. The van der Waals surface area contributed by atoms with Crippen molar-refractivity contribution < 1.29 is 14.0 Å². The Kier molecular flexibility index (Phi) is 6.16. The summed E-state index contributed by atoms with van der Waals surface area (Å²) in [5.74, 6) is -0.784. The Morgan fingerprint density at radius 2 is 1.82 bits per heavy atom. The van der Waals surface area contributed by atoms with Gasteiger partial charge in [-0.2, -0.15) is 0 Å². The average Bonchev–Trinajstić information content (AvgIpc) is 3.53. The number of hydrogen-bond donors (Lipinski definition) is 0. The van der Waals surface area contributed by atoms with Crippen LogP contribution in [0.2, 0.25) is 10.0 Å². The molecule has 0 radical (unpaired) electrons. The molecule has 1 aromatic heterocycles. The van der Waals surface area contributed by atoms with E-state index in [0.29, 0.717) is 22.2 Å². The fourth-order valence-corrected chi connectivity index (χ4v) is 5.81. The summed E-state index contributed by atoms with van der Waals surface area (Å²) in [5.41, 5.74) is 2.26. The van der Waals surface area contributed by atoms with Gasteiger partial charge in [0.25, 0.3) is 5.91 Å². The molecule has 5 rings (SSSR count). The first-order valence-corrected chi connectivity index (χ1v) is 12.4. The van der Waals surface area contributed by atoms with E-state index in [2.05, 4.69) is 0 Å². The van der Waals surface area contributed by atoms with Gasteiger partial charge in [0.15, 0.2) is 0 Å². The summed E-state index contributed by atoms with van der Waals surface area (Å²) in [6.45, 7) is 0.515. The number of thiophene rings is 1. The third-order valence-electron chi connectivity index (χ3n) is 6.19. The predicted molar refractivity (Wildman–Crippen MR) is 128 cm³/mol. The van der Waals surface area contributed by atoms with Crippen molar-refractivity contribution in [1.82, 2.24) is 9.80 Å². The van der Waals surface area contributed by atoms with Gasteiger partial charge in [0.05, 0.1) is 6.04 Å². The Morgan fingerprint density at radius 1 is 1.06 bits per heavy atom. The lowest BCUT2D eigenvalue weighted by molar-refractivity contribution is -0.134. The lowest BCUT2D eigenvalue weighted by Gasteiger charge is -2.38. The Bertz CT molecular complexity index is 1210. The molecule has 1 aliphatic heterocycles. The number of carbonyl (C=O) groups is 2. The van der Waals surface area contributed by atoms with Crippen LogP contribution in [0, 0.1) is 5.82 Å². The van der Waals surface area contributed by atoms with Crippen molar-refractivity contribution in [3.05, 3.63) is 91.3 Å². The molecule has 2 aromatic carbocycles. The normalized spacial score (nSPS) is 17.5. The highest BCUT2D eigenvalue weighted by Crippen LogP contribution is 2.41. The lowest BCUT2D eigenvalue weighted by Crippen LogP contribution is -2.47. The van der Waals surface area contributed by atoms with Gasteiger partial charge < -0.3 is 9.80 Å². The van der Waals surface area contributed by atoms with Gasteiger partial charge in [-0.05, 0) is 78.2 Å². The van der Waals surface area contributed by atoms with Crippen LogP contribution in [0.25, 0.3) is 0 Å². The van der Waals surface area contributed by atoms with Crippen molar-refractivity contribution in [3.8, 4) is 0 Å². The Hall–Kier alpha value is -2.41. The van der Waals surface area contributed by atoms with E-state index in [4.69, 9.17) is 23.2 Å². The maximum atomic E-state index is 13.6. The number of benzene rings is 2. The third kappa shape index (κ3) is 4.52. The van der Waals surface area contributed by atoms with Crippen LogP contribution in [0.4, 0.5) is 4.39 Å². The molecule has 1 fully saturated rings. The van der Waals surface area contributed by atoms with Crippen LogP contribution in [0.1, 0.15) is 45.2 Å². The molecule has 0 bridgehead atoms. The lowest BCUT2D eigenvalue weighted by atomic mass is 9.93. The first-order chi connectivity index (χ1) is 15.9. The Morgan fingerprint density at radius 3 is 2.52 bits per heavy atom.